The van der Waals surface area contributed by atoms with Crippen LogP contribution in [-0.2, 0) is 9.53 Å². The van der Waals surface area contributed by atoms with Crippen molar-refractivity contribution in [2.45, 2.75) is 25.9 Å². The Morgan fingerprint density at radius 2 is 2.18 bits per heavy atom. The summed E-state index contributed by atoms with van der Waals surface area (Å²) in [4.78, 5) is 11.8. The van der Waals surface area contributed by atoms with Gasteiger partial charge >= 0.3 is 5.97 Å². The van der Waals surface area contributed by atoms with E-state index in [1.54, 1.807) is 45.2 Å². The van der Waals surface area contributed by atoms with Crippen molar-refractivity contribution in [2.24, 2.45) is 0 Å². The highest BCUT2D eigenvalue weighted by Gasteiger charge is 2.27. The molecule has 0 unspecified atom stereocenters. The first kappa shape index (κ1) is 13.5. The minimum Gasteiger partial charge on any atom is -0.497 e. The highest BCUT2D eigenvalue weighted by atomic mass is 16.5. The maximum Gasteiger partial charge on any atom is 0.316 e. The summed E-state index contributed by atoms with van der Waals surface area (Å²) < 4.78 is 10.0. The molecule has 2 atom stereocenters. The van der Waals surface area contributed by atoms with Gasteiger partial charge in [-0.05, 0) is 31.5 Å². The molecule has 1 aromatic rings. The van der Waals surface area contributed by atoms with Gasteiger partial charge in [0.15, 0.2) is 0 Å². The van der Waals surface area contributed by atoms with Gasteiger partial charge in [0.2, 0.25) is 0 Å². The lowest BCUT2D eigenvalue weighted by molar-refractivity contribution is -0.147. The molecule has 0 saturated heterocycles. The molecule has 17 heavy (non-hydrogen) atoms. The summed E-state index contributed by atoms with van der Waals surface area (Å²) in [6, 6.07) is 7.07. The van der Waals surface area contributed by atoms with Crippen LogP contribution in [0, 0.1) is 0 Å². The van der Waals surface area contributed by atoms with Gasteiger partial charge in [-0.25, -0.2) is 0 Å². The average Bonchev–Trinajstić information content (AvgIpc) is 2.29. The highest BCUT2D eigenvalue weighted by Crippen LogP contribution is 2.25. The van der Waals surface area contributed by atoms with Gasteiger partial charge in [-0.1, -0.05) is 12.1 Å². The van der Waals surface area contributed by atoms with E-state index in [1.165, 1.54) is 0 Å². The monoisotopic (exact) mass is 238 g/mol. The lowest BCUT2D eigenvalue weighted by Gasteiger charge is -2.19. The zero-order valence-electron chi connectivity index (χ0n) is 10.3. The second-order valence-electron chi connectivity index (χ2n) is 3.75. The first-order valence-electron chi connectivity index (χ1n) is 5.58. The molecule has 4 nitrogen and oxygen atoms in total. The van der Waals surface area contributed by atoms with Gasteiger partial charge in [0.05, 0.1) is 19.8 Å². The summed E-state index contributed by atoms with van der Waals surface area (Å²) in [7, 11) is 1.56. The third kappa shape index (κ3) is 3.46. The van der Waals surface area contributed by atoms with Crippen LogP contribution in [0.4, 0.5) is 0 Å². The number of ether oxygens (including phenoxy) is 2. The number of rotatable bonds is 5. The summed E-state index contributed by atoms with van der Waals surface area (Å²) >= 11 is 0. The molecule has 0 aliphatic carbocycles. The van der Waals surface area contributed by atoms with E-state index in [1.807, 2.05) is 0 Å². The summed E-state index contributed by atoms with van der Waals surface area (Å²) in [6.45, 7) is 3.61. The minimum absolute atomic E-state index is 0.298. The number of carbonyl (C=O) groups is 1. The van der Waals surface area contributed by atoms with Crippen LogP contribution in [-0.4, -0.2) is 30.9 Å². The van der Waals surface area contributed by atoms with Crippen molar-refractivity contribution in [3.8, 4) is 5.75 Å². The number of aliphatic hydroxyl groups is 1. The first-order valence-corrected chi connectivity index (χ1v) is 5.58. The Hall–Kier alpha value is -1.55. The van der Waals surface area contributed by atoms with Crippen LogP contribution in [0.5, 0.6) is 5.75 Å². The van der Waals surface area contributed by atoms with Crippen LogP contribution in [0.1, 0.15) is 25.3 Å². The number of carbonyl (C=O) groups excluding carboxylic acids is 1. The highest BCUT2D eigenvalue weighted by molar-refractivity contribution is 5.79. The molecule has 1 aromatic carbocycles. The van der Waals surface area contributed by atoms with Crippen molar-refractivity contribution in [1.29, 1.82) is 0 Å². The molecule has 0 bridgehead atoms. The molecule has 0 aliphatic heterocycles. The Morgan fingerprint density at radius 1 is 1.47 bits per heavy atom. The summed E-state index contributed by atoms with van der Waals surface area (Å²) in [5.41, 5.74) is 0.692. The van der Waals surface area contributed by atoms with Gasteiger partial charge < -0.3 is 14.6 Å². The molecule has 0 aliphatic rings. The lowest BCUT2D eigenvalue weighted by Crippen LogP contribution is -2.25. The number of methoxy groups -OCH3 is 1. The van der Waals surface area contributed by atoms with E-state index in [0.29, 0.717) is 17.9 Å². The predicted octanol–water partition coefficient (Wildman–Crippen LogP) is 1.72. The van der Waals surface area contributed by atoms with Crippen molar-refractivity contribution in [3.05, 3.63) is 29.8 Å². The summed E-state index contributed by atoms with van der Waals surface area (Å²) in [5.74, 6) is -0.446. The fraction of sp³-hybridized carbons (Fsp3) is 0.462. The van der Waals surface area contributed by atoms with Gasteiger partial charge in [0.25, 0.3) is 0 Å². The van der Waals surface area contributed by atoms with E-state index in [4.69, 9.17) is 9.47 Å². The van der Waals surface area contributed by atoms with Crippen molar-refractivity contribution in [1.82, 2.24) is 0 Å². The fourth-order valence-electron chi connectivity index (χ4n) is 1.68. The van der Waals surface area contributed by atoms with E-state index >= 15 is 0 Å². The molecule has 0 spiro atoms. The topological polar surface area (TPSA) is 55.8 Å². The quantitative estimate of drug-likeness (QED) is 0.794. The molecule has 0 radical (unpaired) electrons. The largest absolute Gasteiger partial charge is 0.497 e. The molecule has 0 aromatic heterocycles. The average molecular weight is 238 g/mol. The molecule has 4 heteroatoms. The van der Waals surface area contributed by atoms with Crippen LogP contribution in [0.15, 0.2) is 24.3 Å². The zero-order valence-corrected chi connectivity index (χ0v) is 10.3. The zero-order chi connectivity index (χ0) is 12.8. The molecular formula is C13H18O4. The molecule has 94 valence electrons. The normalized spacial score (nSPS) is 13.9. The van der Waals surface area contributed by atoms with Gasteiger partial charge in [-0.15, -0.1) is 0 Å². The van der Waals surface area contributed by atoms with Crippen LogP contribution < -0.4 is 4.74 Å². The Balaban J connectivity index is 3.00. The Labute approximate surface area is 101 Å². The van der Waals surface area contributed by atoms with E-state index in [9.17, 15) is 9.90 Å². The van der Waals surface area contributed by atoms with E-state index in [2.05, 4.69) is 0 Å². The standard InChI is InChI=1S/C13H18O4/c1-4-17-13(15)12(9(2)14)10-6-5-7-11(8-10)16-3/h5-9,12,14H,4H2,1-3H3/t9-,12-/m1/s1. The molecule has 1 rings (SSSR count). The van der Waals surface area contributed by atoms with Crippen LogP contribution in [0.25, 0.3) is 0 Å². The second-order valence-corrected chi connectivity index (χ2v) is 3.75. The Kier molecular flexibility index (Phi) is 4.97. The maximum atomic E-state index is 11.8. The smallest absolute Gasteiger partial charge is 0.316 e. The molecule has 0 saturated carbocycles. The minimum atomic E-state index is -0.804. The molecule has 0 amide bonds. The number of benzene rings is 1. The van der Waals surface area contributed by atoms with Gasteiger partial charge in [0.1, 0.15) is 11.7 Å². The van der Waals surface area contributed by atoms with Crippen molar-refractivity contribution in [3.63, 3.8) is 0 Å². The van der Waals surface area contributed by atoms with Crippen LogP contribution >= 0.6 is 0 Å². The third-order valence-electron chi connectivity index (χ3n) is 2.48. The second kappa shape index (κ2) is 6.25. The Morgan fingerprint density at radius 3 is 2.71 bits per heavy atom. The van der Waals surface area contributed by atoms with Crippen LogP contribution in [0.2, 0.25) is 0 Å². The predicted molar refractivity (Wildman–Crippen MR) is 64.0 cm³/mol. The lowest BCUT2D eigenvalue weighted by atomic mass is 9.94. The maximum absolute atomic E-state index is 11.8. The molecular weight excluding hydrogens is 220 g/mol. The van der Waals surface area contributed by atoms with Gasteiger partial charge in [-0.2, -0.15) is 0 Å². The SMILES string of the molecule is CCOC(=O)[C@@H](c1cccc(OC)c1)[C@@H](C)O. The first-order chi connectivity index (χ1) is 8.10. The number of hydrogen-bond donors (Lipinski definition) is 1. The van der Waals surface area contributed by atoms with Gasteiger partial charge in [0, 0.05) is 0 Å². The van der Waals surface area contributed by atoms with E-state index in [0.717, 1.165) is 0 Å². The number of esters is 1. The van der Waals surface area contributed by atoms with Crippen molar-refractivity contribution in [2.75, 3.05) is 13.7 Å². The van der Waals surface area contributed by atoms with Crippen molar-refractivity contribution >= 4 is 5.97 Å². The van der Waals surface area contributed by atoms with Crippen molar-refractivity contribution < 1.29 is 19.4 Å². The molecule has 0 heterocycles. The van der Waals surface area contributed by atoms with E-state index in [-0.39, 0.29) is 0 Å². The number of aliphatic hydroxyl groups excluding tert-OH is 1. The Bertz CT molecular complexity index is 373. The molecule has 1 N–H and O–H groups in total. The van der Waals surface area contributed by atoms with Gasteiger partial charge in [-0.3, -0.25) is 4.79 Å². The fourth-order valence-corrected chi connectivity index (χ4v) is 1.68. The summed E-state index contributed by atoms with van der Waals surface area (Å²) in [5, 5.41) is 9.68. The number of hydrogen-bond acceptors (Lipinski definition) is 4. The van der Waals surface area contributed by atoms with Crippen LogP contribution in [0.3, 0.4) is 0 Å². The molecule has 0 fully saturated rings. The van der Waals surface area contributed by atoms with E-state index < -0.39 is 18.0 Å². The third-order valence-corrected chi connectivity index (χ3v) is 2.48. The summed E-state index contributed by atoms with van der Waals surface area (Å²) in [6.07, 6.45) is -0.804.